The van der Waals surface area contributed by atoms with Crippen LogP contribution in [0.25, 0.3) is 0 Å². The maximum absolute atomic E-state index is 12.6. The van der Waals surface area contributed by atoms with Gasteiger partial charge < -0.3 is 5.11 Å². The van der Waals surface area contributed by atoms with Crippen molar-refractivity contribution in [3.8, 4) is 0 Å². The predicted molar refractivity (Wildman–Crippen MR) is 116 cm³/mol. The maximum Gasteiger partial charge on any atom is 0.296 e. The molecule has 0 radical (unpaired) electrons. The number of hydrogen-bond donors (Lipinski definition) is 1. The Hall–Kier alpha value is -1.78. The smallest absolute Gasteiger partial charge is 0.296 e. The van der Waals surface area contributed by atoms with Gasteiger partial charge in [-0.2, -0.15) is 16.8 Å². The molecule has 1 aliphatic carbocycles. The Balaban J connectivity index is 1.75. The van der Waals surface area contributed by atoms with Gasteiger partial charge in [-0.1, -0.05) is 35.4 Å². The second kappa shape index (κ2) is 9.38. The zero-order valence-electron chi connectivity index (χ0n) is 17.7. The molecule has 0 unspecified atom stereocenters. The van der Waals surface area contributed by atoms with Crippen molar-refractivity contribution in [1.82, 2.24) is 0 Å². The molecule has 7 nitrogen and oxygen atoms in total. The molecule has 2 aromatic rings. The molecule has 31 heavy (non-hydrogen) atoms. The van der Waals surface area contributed by atoms with E-state index in [0.29, 0.717) is 25.7 Å². The Morgan fingerprint density at radius 2 is 1.13 bits per heavy atom. The van der Waals surface area contributed by atoms with Crippen molar-refractivity contribution >= 4 is 20.2 Å². The molecule has 1 N–H and O–H groups in total. The normalized spacial score (nSPS) is 17.5. The van der Waals surface area contributed by atoms with E-state index < -0.39 is 31.8 Å². The molecule has 0 amide bonds. The quantitative estimate of drug-likeness (QED) is 0.592. The van der Waals surface area contributed by atoms with Gasteiger partial charge in [0.15, 0.2) is 0 Å². The van der Waals surface area contributed by atoms with E-state index in [1.54, 1.807) is 24.3 Å². The SMILES string of the molecule is Cc1ccc(S(=O)(=O)OCC2(COS(=O)(=O)c3ccc(C)cc3)CCC(O)CC2)cc1. The van der Waals surface area contributed by atoms with E-state index in [1.165, 1.54) is 24.3 Å². The topological polar surface area (TPSA) is 107 Å². The predicted octanol–water partition coefficient (Wildman–Crippen LogP) is 3.34. The third-order valence-electron chi connectivity index (χ3n) is 5.68. The van der Waals surface area contributed by atoms with Gasteiger partial charge in [0.1, 0.15) is 0 Å². The summed E-state index contributed by atoms with van der Waals surface area (Å²) in [5.41, 5.74) is 1.01. The van der Waals surface area contributed by atoms with Crippen molar-refractivity contribution in [2.45, 2.75) is 55.4 Å². The zero-order chi connectivity index (χ0) is 22.7. The number of hydrogen-bond acceptors (Lipinski definition) is 7. The van der Waals surface area contributed by atoms with Gasteiger partial charge in [0.2, 0.25) is 0 Å². The number of aliphatic hydroxyl groups is 1. The van der Waals surface area contributed by atoms with Gasteiger partial charge in [0, 0.05) is 5.41 Å². The van der Waals surface area contributed by atoms with E-state index in [-0.39, 0.29) is 23.0 Å². The Morgan fingerprint density at radius 1 is 0.774 bits per heavy atom. The van der Waals surface area contributed by atoms with Gasteiger partial charge in [-0.3, -0.25) is 8.37 Å². The van der Waals surface area contributed by atoms with Crippen LogP contribution in [0.15, 0.2) is 58.3 Å². The highest BCUT2D eigenvalue weighted by Crippen LogP contribution is 2.38. The van der Waals surface area contributed by atoms with Crippen LogP contribution in [0.5, 0.6) is 0 Å². The fourth-order valence-corrected chi connectivity index (χ4v) is 5.52. The van der Waals surface area contributed by atoms with Crippen LogP contribution in [0.3, 0.4) is 0 Å². The van der Waals surface area contributed by atoms with Crippen LogP contribution in [0.1, 0.15) is 36.8 Å². The molecule has 9 heteroatoms. The molecule has 3 rings (SSSR count). The molecular weight excluding hydrogens is 440 g/mol. The van der Waals surface area contributed by atoms with Crippen molar-refractivity contribution < 1.29 is 30.3 Å². The third kappa shape index (κ3) is 6.14. The van der Waals surface area contributed by atoms with Crippen LogP contribution in [-0.4, -0.2) is 41.3 Å². The van der Waals surface area contributed by atoms with E-state index in [2.05, 4.69) is 0 Å². The third-order valence-corrected chi connectivity index (χ3v) is 8.23. The van der Waals surface area contributed by atoms with Crippen molar-refractivity contribution in [1.29, 1.82) is 0 Å². The number of rotatable bonds is 8. The Morgan fingerprint density at radius 3 is 1.48 bits per heavy atom. The summed E-state index contributed by atoms with van der Waals surface area (Å²) in [6.45, 7) is 3.26. The minimum absolute atomic E-state index is 0.0392. The molecule has 0 spiro atoms. The standard InChI is InChI=1S/C22H28O7S2/c1-17-3-7-20(8-4-17)30(24,25)28-15-22(13-11-19(23)12-14-22)16-29-31(26,27)21-9-5-18(2)6-10-21/h3-10,19,23H,11-16H2,1-2H3. The summed E-state index contributed by atoms with van der Waals surface area (Å²) in [6.07, 6.45) is 1.11. The lowest BCUT2D eigenvalue weighted by Gasteiger charge is -2.37. The van der Waals surface area contributed by atoms with Gasteiger partial charge in [-0.15, -0.1) is 0 Å². The van der Waals surface area contributed by atoms with E-state index in [9.17, 15) is 21.9 Å². The van der Waals surface area contributed by atoms with E-state index >= 15 is 0 Å². The number of aryl methyl sites for hydroxylation is 2. The molecular formula is C22H28O7S2. The first-order chi connectivity index (χ1) is 14.5. The summed E-state index contributed by atoms with van der Waals surface area (Å²) in [7, 11) is -8.01. The zero-order valence-corrected chi connectivity index (χ0v) is 19.3. The lowest BCUT2D eigenvalue weighted by atomic mass is 9.74. The minimum Gasteiger partial charge on any atom is -0.393 e. The fraction of sp³-hybridized carbons (Fsp3) is 0.455. The molecule has 1 aliphatic rings. The summed E-state index contributed by atoms with van der Waals surface area (Å²) in [6, 6.07) is 12.6. The first kappa shape index (κ1) is 23.9. The van der Waals surface area contributed by atoms with E-state index in [4.69, 9.17) is 8.37 Å². The maximum atomic E-state index is 12.6. The summed E-state index contributed by atoms with van der Waals surface area (Å²) >= 11 is 0. The minimum atomic E-state index is -4.01. The van der Waals surface area contributed by atoms with Gasteiger partial charge in [-0.05, 0) is 63.8 Å². The first-order valence-electron chi connectivity index (χ1n) is 10.1. The average Bonchev–Trinajstić information content (AvgIpc) is 2.73. The van der Waals surface area contributed by atoms with Gasteiger partial charge >= 0.3 is 0 Å². The fourth-order valence-electron chi connectivity index (χ4n) is 3.50. The number of benzene rings is 2. The van der Waals surface area contributed by atoms with Crippen LogP contribution in [0.4, 0.5) is 0 Å². The Bertz CT molecular complexity index is 1000. The van der Waals surface area contributed by atoms with Crippen LogP contribution in [0, 0.1) is 19.3 Å². The van der Waals surface area contributed by atoms with Gasteiger partial charge in [0.05, 0.1) is 29.1 Å². The highest BCUT2D eigenvalue weighted by atomic mass is 32.2. The highest BCUT2D eigenvalue weighted by molar-refractivity contribution is 7.87. The average molecular weight is 469 g/mol. The molecule has 0 heterocycles. The largest absolute Gasteiger partial charge is 0.393 e. The van der Waals surface area contributed by atoms with Gasteiger partial charge in [-0.25, -0.2) is 0 Å². The second-order valence-corrected chi connectivity index (χ2v) is 11.5. The molecule has 0 bridgehead atoms. The van der Waals surface area contributed by atoms with Crippen molar-refractivity contribution in [3.63, 3.8) is 0 Å². The van der Waals surface area contributed by atoms with Crippen LogP contribution in [0.2, 0.25) is 0 Å². The van der Waals surface area contributed by atoms with E-state index in [0.717, 1.165) is 11.1 Å². The molecule has 1 saturated carbocycles. The lowest BCUT2D eigenvalue weighted by Crippen LogP contribution is -2.39. The lowest BCUT2D eigenvalue weighted by molar-refractivity contribution is 0.00458. The Kier molecular flexibility index (Phi) is 7.22. The molecule has 2 aromatic carbocycles. The molecule has 170 valence electrons. The molecule has 0 saturated heterocycles. The Labute approximate surface area is 184 Å². The van der Waals surface area contributed by atoms with Crippen LogP contribution in [-0.2, 0) is 28.6 Å². The first-order valence-corrected chi connectivity index (χ1v) is 12.9. The van der Waals surface area contributed by atoms with Crippen molar-refractivity contribution in [2.24, 2.45) is 5.41 Å². The summed E-state index contributed by atoms with van der Waals surface area (Å²) in [4.78, 5) is 0.0783. The number of aliphatic hydroxyl groups excluding tert-OH is 1. The summed E-state index contributed by atoms with van der Waals surface area (Å²) < 4.78 is 61.1. The molecule has 0 aromatic heterocycles. The second-order valence-electron chi connectivity index (χ2n) is 8.29. The monoisotopic (exact) mass is 468 g/mol. The van der Waals surface area contributed by atoms with Crippen LogP contribution >= 0.6 is 0 Å². The van der Waals surface area contributed by atoms with E-state index in [1.807, 2.05) is 13.8 Å². The molecule has 0 atom stereocenters. The molecule has 1 fully saturated rings. The summed E-state index contributed by atoms with van der Waals surface area (Å²) in [5, 5.41) is 9.89. The van der Waals surface area contributed by atoms with Gasteiger partial charge in [0.25, 0.3) is 20.2 Å². The van der Waals surface area contributed by atoms with Crippen molar-refractivity contribution in [3.05, 3.63) is 59.7 Å². The van der Waals surface area contributed by atoms with Crippen LogP contribution < -0.4 is 0 Å². The molecule has 0 aliphatic heterocycles. The highest BCUT2D eigenvalue weighted by Gasteiger charge is 2.39. The summed E-state index contributed by atoms with van der Waals surface area (Å²) in [5.74, 6) is 0. The van der Waals surface area contributed by atoms with Crippen molar-refractivity contribution in [2.75, 3.05) is 13.2 Å².